The van der Waals surface area contributed by atoms with E-state index in [4.69, 9.17) is 5.11 Å². The number of amides is 1. The predicted molar refractivity (Wildman–Crippen MR) is 104 cm³/mol. The molecule has 142 valence electrons. The number of anilines is 1. The minimum Gasteiger partial charge on any atom is -0.480 e. The fourth-order valence-electron chi connectivity index (χ4n) is 2.94. The monoisotopic (exact) mass is 377 g/mol. The molecule has 28 heavy (non-hydrogen) atoms. The molecule has 3 rings (SSSR count). The van der Waals surface area contributed by atoms with E-state index in [0.717, 1.165) is 15.7 Å². The molecule has 0 aliphatic rings. The van der Waals surface area contributed by atoms with Gasteiger partial charge in [0.2, 0.25) is 5.91 Å². The zero-order valence-corrected chi connectivity index (χ0v) is 15.0. The van der Waals surface area contributed by atoms with Gasteiger partial charge in [-0.25, -0.2) is 4.79 Å². The fourth-order valence-corrected chi connectivity index (χ4v) is 2.94. The molecule has 2 aromatic carbocycles. The Morgan fingerprint density at radius 3 is 2.04 bits per heavy atom. The number of nitrogens with one attached hydrogen (secondary N) is 1. The number of hydrogen-bond acceptors (Lipinski definition) is 4. The molecule has 1 amide bonds. The van der Waals surface area contributed by atoms with Crippen LogP contribution in [0.5, 0.6) is 0 Å². The van der Waals surface area contributed by atoms with Crippen LogP contribution in [0, 0.1) is 0 Å². The molecule has 2 N–H and O–H groups in total. The molecular weight excluding hydrogens is 358 g/mol. The number of carbonyl (C=O) groups excluding carboxylic acids is 1. The summed E-state index contributed by atoms with van der Waals surface area (Å²) in [6.45, 7) is -0.482. The van der Waals surface area contributed by atoms with E-state index in [1.54, 1.807) is 0 Å². The van der Waals surface area contributed by atoms with E-state index in [0.29, 0.717) is 0 Å². The van der Waals surface area contributed by atoms with Gasteiger partial charge in [0.15, 0.2) is 0 Å². The van der Waals surface area contributed by atoms with Crippen LogP contribution in [0.3, 0.4) is 0 Å². The van der Waals surface area contributed by atoms with Gasteiger partial charge < -0.3 is 10.4 Å². The topological polar surface area (TPSA) is 101 Å². The number of aromatic nitrogens is 2. The quantitative estimate of drug-likeness (QED) is 0.659. The van der Waals surface area contributed by atoms with Crippen molar-refractivity contribution >= 4 is 17.7 Å². The van der Waals surface area contributed by atoms with Gasteiger partial charge in [-0.2, -0.15) is 4.98 Å². The zero-order chi connectivity index (χ0) is 19.9. The van der Waals surface area contributed by atoms with Crippen LogP contribution in [0.1, 0.15) is 23.5 Å². The van der Waals surface area contributed by atoms with Crippen molar-refractivity contribution in [3.8, 4) is 0 Å². The third kappa shape index (κ3) is 4.91. The van der Waals surface area contributed by atoms with Gasteiger partial charge in [-0.05, 0) is 17.2 Å². The van der Waals surface area contributed by atoms with Crippen LogP contribution in [0.25, 0.3) is 0 Å². The lowest BCUT2D eigenvalue weighted by molar-refractivity contribution is -0.137. The molecule has 0 bridgehead atoms. The Kier molecular flexibility index (Phi) is 5.96. The maximum absolute atomic E-state index is 12.6. The first-order valence-electron chi connectivity index (χ1n) is 8.72. The lowest BCUT2D eigenvalue weighted by atomic mass is 9.88. The van der Waals surface area contributed by atoms with Gasteiger partial charge in [0.1, 0.15) is 12.4 Å². The highest BCUT2D eigenvalue weighted by Gasteiger charge is 2.18. The van der Waals surface area contributed by atoms with E-state index in [1.165, 1.54) is 12.3 Å². The van der Waals surface area contributed by atoms with E-state index in [2.05, 4.69) is 10.3 Å². The van der Waals surface area contributed by atoms with Crippen molar-refractivity contribution in [2.45, 2.75) is 18.9 Å². The molecule has 0 radical (unpaired) electrons. The van der Waals surface area contributed by atoms with E-state index < -0.39 is 18.2 Å². The lowest BCUT2D eigenvalue weighted by Gasteiger charge is -2.17. The van der Waals surface area contributed by atoms with Gasteiger partial charge in [0, 0.05) is 18.5 Å². The van der Waals surface area contributed by atoms with Crippen LogP contribution in [0.2, 0.25) is 0 Å². The number of aliphatic carboxylic acids is 1. The Morgan fingerprint density at radius 2 is 1.54 bits per heavy atom. The summed E-state index contributed by atoms with van der Waals surface area (Å²) < 4.78 is 0.953. The second-order valence-electron chi connectivity index (χ2n) is 6.24. The molecule has 0 saturated heterocycles. The van der Waals surface area contributed by atoms with Crippen molar-refractivity contribution in [1.82, 2.24) is 9.55 Å². The summed E-state index contributed by atoms with van der Waals surface area (Å²) in [5, 5.41) is 11.4. The average Bonchev–Trinajstić information content (AvgIpc) is 2.69. The summed E-state index contributed by atoms with van der Waals surface area (Å²) in [5.41, 5.74) is 1.28. The van der Waals surface area contributed by atoms with E-state index in [-0.39, 0.29) is 24.1 Å². The molecule has 0 saturated carbocycles. The Balaban J connectivity index is 1.77. The molecule has 1 aromatic heterocycles. The van der Waals surface area contributed by atoms with Crippen molar-refractivity contribution in [2.75, 3.05) is 5.32 Å². The summed E-state index contributed by atoms with van der Waals surface area (Å²) >= 11 is 0. The van der Waals surface area contributed by atoms with Crippen LogP contribution in [-0.2, 0) is 16.1 Å². The molecule has 0 spiro atoms. The van der Waals surface area contributed by atoms with Gasteiger partial charge in [-0.1, -0.05) is 60.7 Å². The third-order valence-electron chi connectivity index (χ3n) is 4.24. The molecule has 0 aliphatic carbocycles. The molecule has 7 heteroatoms. The number of nitrogens with zero attached hydrogens (tertiary/aromatic N) is 2. The van der Waals surface area contributed by atoms with Gasteiger partial charge in [0.25, 0.3) is 0 Å². The zero-order valence-electron chi connectivity index (χ0n) is 15.0. The standard InChI is InChI=1S/C21H19N3O4/c25-19(22-18-11-12-24(14-20(26)27)21(28)23-18)13-17(15-7-3-1-4-8-15)16-9-5-2-6-10-16/h1-12,17H,13-14H2,(H,26,27)(H,22,23,25,28). The highest BCUT2D eigenvalue weighted by atomic mass is 16.4. The summed E-state index contributed by atoms with van der Waals surface area (Å²) in [5.74, 6) is -1.49. The maximum Gasteiger partial charge on any atom is 0.350 e. The molecule has 7 nitrogen and oxygen atoms in total. The normalized spacial score (nSPS) is 10.6. The average molecular weight is 377 g/mol. The summed E-state index contributed by atoms with van der Waals surface area (Å²) in [6, 6.07) is 20.8. The summed E-state index contributed by atoms with van der Waals surface area (Å²) in [4.78, 5) is 38.9. The number of benzene rings is 2. The van der Waals surface area contributed by atoms with Crippen LogP contribution in [0.4, 0.5) is 5.82 Å². The number of carboxylic acid groups (broad SMARTS) is 1. The molecule has 0 unspecified atom stereocenters. The highest BCUT2D eigenvalue weighted by molar-refractivity contribution is 5.90. The van der Waals surface area contributed by atoms with Gasteiger partial charge >= 0.3 is 11.7 Å². The second-order valence-corrected chi connectivity index (χ2v) is 6.24. The molecule has 1 heterocycles. The summed E-state index contributed by atoms with van der Waals surface area (Å²) in [6.07, 6.45) is 1.47. The van der Waals surface area contributed by atoms with Crippen LogP contribution >= 0.6 is 0 Å². The second kappa shape index (κ2) is 8.77. The van der Waals surface area contributed by atoms with E-state index >= 15 is 0 Å². The van der Waals surface area contributed by atoms with Crippen LogP contribution in [-0.4, -0.2) is 26.5 Å². The van der Waals surface area contributed by atoms with Gasteiger partial charge in [0.05, 0.1) is 0 Å². The smallest absolute Gasteiger partial charge is 0.350 e. The van der Waals surface area contributed by atoms with Gasteiger partial charge in [-0.15, -0.1) is 0 Å². The Bertz CT molecular complexity index is 977. The van der Waals surface area contributed by atoms with Crippen molar-refractivity contribution < 1.29 is 14.7 Å². The molecule has 0 atom stereocenters. The SMILES string of the molecule is O=C(O)Cn1ccc(NC(=O)CC(c2ccccc2)c2ccccc2)nc1=O. The predicted octanol–water partition coefficient (Wildman–Crippen LogP) is 2.49. The van der Waals surface area contributed by atoms with Crippen molar-refractivity contribution in [3.63, 3.8) is 0 Å². The maximum atomic E-state index is 12.6. The summed E-state index contributed by atoms with van der Waals surface area (Å²) in [7, 11) is 0. The molecule has 3 aromatic rings. The Labute approximate surface area is 161 Å². The Hall–Kier alpha value is -3.74. The largest absolute Gasteiger partial charge is 0.480 e. The molecule has 0 aliphatic heterocycles. The first-order chi connectivity index (χ1) is 13.5. The van der Waals surface area contributed by atoms with E-state index in [9.17, 15) is 14.4 Å². The number of carbonyl (C=O) groups is 2. The minimum atomic E-state index is -1.14. The minimum absolute atomic E-state index is 0.0940. The first-order valence-corrected chi connectivity index (χ1v) is 8.72. The Morgan fingerprint density at radius 1 is 0.964 bits per heavy atom. The number of rotatable bonds is 7. The third-order valence-corrected chi connectivity index (χ3v) is 4.24. The van der Waals surface area contributed by atoms with Crippen LogP contribution < -0.4 is 11.0 Å². The molecule has 0 fully saturated rings. The highest BCUT2D eigenvalue weighted by Crippen LogP contribution is 2.28. The van der Waals surface area contributed by atoms with Crippen LogP contribution in [0.15, 0.2) is 77.7 Å². The first kappa shape index (κ1) is 19.0. The number of hydrogen-bond donors (Lipinski definition) is 2. The number of carboxylic acids is 1. The fraction of sp³-hybridized carbons (Fsp3) is 0.143. The molecular formula is C21H19N3O4. The lowest BCUT2D eigenvalue weighted by Crippen LogP contribution is -2.27. The van der Waals surface area contributed by atoms with Gasteiger partial charge in [-0.3, -0.25) is 14.2 Å². The van der Waals surface area contributed by atoms with Crippen molar-refractivity contribution in [3.05, 3.63) is 94.5 Å². The van der Waals surface area contributed by atoms with E-state index in [1.807, 2.05) is 60.7 Å². The van der Waals surface area contributed by atoms with Crippen molar-refractivity contribution in [1.29, 1.82) is 0 Å². The van der Waals surface area contributed by atoms with Crippen molar-refractivity contribution in [2.24, 2.45) is 0 Å².